The summed E-state index contributed by atoms with van der Waals surface area (Å²) in [7, 11) is 1.76. The largest absolute Gasteiger partial charge is 0.494 e. The fraction of sp³-hybridized carbons (Fsp3) is 0.647. The van der Waals surface area contributed by atoms with Crippen molar-refractivity contribution in [3.05, 3.63) is 29.8 Å². The van der Waals surface area contributed by atoms with E-state index in [1.165, 1.54) is 5.56 Å². The summed E-state index contributed by atoms with van der Waals surface area (Å²) < 4.78 is 10.9. The van der Waals surface area contributed by atoms with Crippen LogP contribution in [0.2, 0.25) is 0 Å². The first-order valence-electron chi connectivity index (χ1n) is 7.66. The van der Waals surface area contributed by atoms with Crippen molar-refractivity contribution in [3.8, 4) is 5.75 Å². The van der Waals surface area contributed by atoms with Crippen molar-refractivity contribution in [1.29, 1.82) is 0 Å². The lowest BCUT2D eigenvalue weighted by Gasteiger charge is -2.22. The minimum Gasteiger partial charge on any atom is -0.494 e. The summed E-state index contributed by atoms with van der Waals surface area (Å²) >= 11 is 0. The third-order valence-electron chi connectivity index (χ3n) is 3.30. The van der Waals surface area contributed by atoms with Crippen LogP contribution in [-0.2, 0) is 4.74 Å². The summed E-state index contributed by atoms with van der Waals surface area (Å²) in [5.41, 5.74) is 1.32. The third kappa shape index (κ3) is 5.93. The highest BCUT2D eigenvalue weighted by Crippen LogP contribution is 2.24. The van der Waals surface area contributed by atoms with Gasteiger partial charge in [-0.15, -0.1) is 0 Å². The first-order valence-corrected chi connectivity index (χ1v) is 7.66. The lowest BCUT2D eigenvalue weighted by atomic mass is 9.96. The Labute approximate surface area is 123 Å². The molecule has 0 aromatic heterocycles. The zero-order valence-corrected chi connectivity index (χ0v) is 13.3. The van der Waals surface area contributed by atoms with E-state index in [1.54, 1.807) is 7.11 Å². The maximum Gasteiger partial charge on any atom is 0.119 e. The number of rotatable bonds is 10. The second kappa shape index (κ2) is 9.78. The molecule has 1 rings (SSSR count). The van der Waals surface area contributed by atoms with E-state index >= 15 is 0 Å². The Hall–Kier alpha value is -1.06. The monoisotopic (exact) mass is 279 g/mol. The van der Waals surface area contributed by atoms with Gasteiger partial charge in [0.25, 0.3) is 0 Å². The van der Waals surface area contributed by atoms with Crippen LogP contribution in [0.1, 0.15) is 45.2 Å². The normalized spacial score (nSPS) is 14.0. The first-order chi connectivity index (χ1) is 9.71. The topological polar surface area (TPSA) is 30.5 Å². The molecule has 0 bridgehead atoms. The molecule has 0 saturated heterocycles. The van der Waals surface area contributed by atoms with E-state index in [9.17, 15) is 0 Å². The van der Waals surface area contributed by atoms with E-state index in [2.05, 4.69) is 50.4 Å². The molecular formula is C17H29NO2. The van der Waals surface area contributed by atoms with E-state index in [4.69, 9.17) is 9.47 Å². The van der Waals surface area contributed by atoms with Gasteiger partial charge in [-0.2, -0.15) is 0 Å². The fourth-order valence-corrected chi connectivity index (χ4v) is 2.35. The molecule has 0 aliphatic carbocycles. The number of nitrogens with one attached hydrogen (secondary N) is 1. The molecule has 0 heterocycles. The first kappa shape index (κ1) is 17.0. The molecule has 1 aromatic rings. The lowest BCUT2D eigenvalue weighted by molar-refractivity contribution is 0.149. The van der Waals surface area contributed by atoms with Gasteiger partial charge >= 0.3 is 0 Å². The van der Waals surface area contributed by atoms with Crippen molar-refractivity contribution < 1.29 is 9.47 Å². The number of hydrogen-bond donors (Lipinski definition) is 1. The molecule has 2 atom stereocenters. The molecule has 20 heavy (non-hydrogen) atoms. The molecule has 3 nitrogen and oxygen atoms in total. The highest BCUT2D eigenvalue weighted by molar-refractivity contribution is 5.29. The second-order valence-electron chi connectivity index (χ2n) is 5.32. The average Bonchev–Trinajstić information content (AvgIpc) is 2.45. The molecule has 0 amide bonds. The molecular weight excluding hydrogens is 250 g/mol. The molecule has 0 saturated carbocycles. The predicted octanol–water partition coefficient (Wildman–Crippen LogP) is 3.80. The summed E-state index contributed by atoms with van der Waals surface area (Å²) in [6, 6.07) is 8.84. The van der Waals surface area contributed by atoms with Gasteiger partial charge in [-0.05, 0) is 43.0 Å². The summed E-state index contributed by atoms with van der Waals surface area (Å²) in [5, 5.41) is 3.55. The Morgan fingerprint density at radius 2 is 1.85 bits per heavy atom. The van der Waals surface area contributed by atoms with Gasteiger partial charge in [-0.1, -0.05) is 32.9 Å². The molecule has 2 unspecified atom stereocenters. The van der Waals surface area contributed by atoms with Crippen molar-refractivity contribution in [2.45, 2.75) is 39.7 Å². The number of ether oxygens (including phenoxy) is 2. The van der Waals surface area contributed by atoms with E-state index in [0.717, 1.165) is 38.3 Å². The van der Waals surface area contributed by atoms with Crippen LogP contribution >= 0.6 is 0 Å². The summed E-state index contributed by atoms with van der Waals surface area (Å²) in [4.78, 5) is 0. The maximum absolute atomic E-state index is 5.63. The summed E-state index contributed by atoms with van der Waals surface area (Å²) in [6.45, 7) is 9.05. The van der Waals surface area contributed by atoms with Gasteiger partial charge in [0.05, 0.1) is 6.61 Å². The minimum absolute atomic E-state index is 0.380. The Bertz CT molecular complexity index is 351. The van der Waals surface area contributed by atoms with Crippen LogP contribution in [0.15, 0.2) is 24.3 Å². The highest BCUT2D eigenvalue weighted by Gasteiger charge is 2.14. The van der Waals surface area contributed by atoms with E-state index in [0.29, 0.717) is 12.0 Å². The van der Waals surface area contributed by atoms with Gasteiger partial charge in [0.1, 0.15) is 5.75 Å². The van der Waals surface area contributed by atoms with Gasteiger partial charge in [0.15, 0.2) is 0 Å². The number of hydrogen-bond acceptors (Lipinski definition) is 3. The van der Waals surface area contributed by atoms with Crippen LogP contribution in [0, 0.1) is 5.92 Å². The van der Waals surface area contributed by atoms with Crippen molar-refractivity contribution in [2.75, 3.05) is 26.9 Å². The van der Waals surface area contributed by atoms with Crippen LogP contribution in [0.3, 0.4) is 0 Å². The maximum atomic E-state index is 5.63. The van der Waals surface area contributed by atoms with Crippen LogP contribution in [0.5, 0.6) is 5.75 Å². The molecule has 0 fully saturated rings. The molecule has 1 N–H and O–H groups in total. The number of methoxy groups -OCH3 is 1. The van der Waals surface area contributed by atoms with Crippen molar-refractivity contribution >= 4 is 0 Å². The predicted molar refractivity (Wildman–Crippen MR) is 84.3 cm³/mol. The SMILES string of the molecule is CCCOc1ccc(C(CC(C)COC)NCC)cc1. The third-order valence-corrected chi connectivity index (χ3v) is 3.30. The highest BCUT2D eigenvalue weighted by atomic mass is 16.5. The Kier molecular flexibility index (Phi) is 8.31. The molecule has 114 valence electrons. The van der Waals surface area contributed by atoms with E-state index in [-0.39, 0.29) is 0 Å². The molecule has 0 spiro atoms. The van der Waals surface area contributed by atoms with Crippen LogP contribution < -0.4 is 10.1 Å². The second-order valence-corrected chi connectivity index (χ2v) is 5.32. The van der Waals surface area contributed by atoms with E-state index in [1.807, 2.05) is 0 Å². The Morgan fingerprint density at radius 1 is 1.15 bits per heavy atom. The molecule has 0 aliphatic rings. The molecule has 0 aliphatic heterocycles. The standard InChI is InChI=1S/C17H29NO2/c1-5-11-20-16-9-7-15(8-10-16)17(18-6-2)12-14(3)13-19-4/h7-10,14,17-18H,5-6,11-13H2,1-4H3. The van der Waals surface area contributed by atoms with Crippen molar-refractivity contribution in [2.24, 2.45) is 5.92 Å². The van der Waals surface area contributed by atoms with Gasteiger partial charge in [0, 0.05) is 19.8 Å². The van der Waals surface area contributed by atoms with Gasteiger partial charge < -0.3 is 14.8 Å². The number of benzene rings is 1. The van der Waals surface area contributed by atoms with Gasteiger partial charge in [0.2, 0.25) is 0 Å². The van der Waals surface area contributed by atoms with Crippen LogP contribution in [0.25, 0.3) is 0 Å². The molecule has 0 radical (unpaired) electrons. The van der Waals surface area contributed by atoms with E-state index < -0.39 is 0 Å². The molecule has 1 aromatic carbocycles. The minimum atomic E-state index is 0.380. The van der Waals surface area contributed by atoms with Crippen LogP contribution in [0.4, 0.5) is 0 Å². The summed E-state index contributed by atoms with van der Waals surface area (Å²) in [5.74, 6) is 1.50. The van der Waals surface area contributed by atoms with Crippen molar-refractivity contribution in [1.82, 2.24) is 5.32 Å². The lowest BCUT2D eigenvalue weighted by Crippen LogP contribution is -2.24. The zero-order chi connectivity index (χ0) is 14.8. The van der Waals surface area contributed by atoms with Crippen molar-refractivity contribution in [3.63, 3.8) is 0 Å². The average molecular weight is 279 g/mol. The summed E-state index contributed by atoms with van der Waals surface area (Å²) in [6.07, 6.45) is 2.12. The smallest absolute Gasteiger partial charge is 0.119 e. The van der Waals surface area contributed by atoms with Gasteiger partial charge in [-0.25, -0.2) is 0 Å². The van der Waals surface area contributed by atoms with Gasteiger partial charge in [-0.3, -0.25) is 0 Å². The van der Waals surface area contributed by atoms with Crippen LogP contribution in [-0.4, -0.2) is 26.9 Å². The quantitative estimate of drug-likeness (QED) is 0.706. The Morgan fingerprint density at radius 3 is 2.40 bits per heavy atom. The molecule has 3 heteroatoms. The Balaban J connectivity index is 2.65. The zero-order valence-electron chi connectivity index (χ0n) is 13.3. The fourth-order valence-electron chi connectivity index (χ4n) is 2.35.